The second-order valence-corrected chi connectivity index (χ2v) is 35.6. The van der Waals surface area contributed by atoms with Crippen molar-refractivity contribution in [3.8, 4) is 0 Å². The molecule has 0 N–H and O–H groups in total. The molecule has 0 bridgehead atoms. The summed E-state index contributed by atoms with van der Waals surface area (Å²) in [6.45, 7) is 28.9. The Morgan fingerprint density at radius 3 is 1.26 bits per heavy atom. The summed E-state index contributed by atoms with van der Waals surface area (Å²) in [6, 6.07) is 18.2. The predicted molar refractivity (Wildman–Crippen MR) is 177 cm³/mol. The number of fused-ring (bicyclic) bond motifs is 2. The van der Waals surface area contributed by atoms with Crippen molar-refractivity contribution in [3.63, 3.8) is 0 Å². The summed E-state index contributed by atoms with van der Waals surface area (Å²) in [4.78, 5) is 0. The van der Waals surface area contributed by atoms with Crippen molar-refractivity contribution < 1.29 is 8.85 Å². The fourth-order valence-corrected chi connectivity index (χ4v) is 19.4. The Morgan fingerprint density at radius 1 is 0.605 bits per heavy atom. The first kappa shape index (κ1) is 29.4. The van der Waals surface area contributed by atoms with E-state index in [1.165, 1.54) is 33.8 Å². The lowest BCUT2D eigenvalue weighted by atomic mass is 10.1. The van der Waals surface area contributed by atoms with Crippen LogP contribution in [0, 0.1) is 0 Å². The maximum absolute atomic E-state index is 7.23. The summed E-state index contributed by atoms with van der Waals surface area (Å²) in [5.74, 6) is 2.51. The quantitative estimate of drug-likeness (QED) is 0.305. The van der Waals surface area contributed by atoms with Crippen LogP contribution in [-0.4, -0.2) is 33.3 Å². The molecule has 4 rings (SSSR count). The zero-order chi connectivity index (χ0) is 28.3. The van der Waals surface area contributed by atoms with Crippen LogP contribution in [0.3, 0.4) is 0 Å². The topological polar surface area (TPSA) is 18.5 Å². The number of rotatable bonds is 7. The van der Waals surface area contributed by atoms with Crippen molar-refractivity contribution in [1.29, 1.82) is 0 Å². The van der Waals surface area contributed by atoms with Crippen LogP contribution in [0.4, 0.5) is 0 Å². The van der Waals surface area contributed by atoms with Crippen LogP contribution in [0.5, 0.6) is 0 Å². The Hall–Kier alpha value is -1.61. The largest absolute Gasteiger partial charge is 0.546 e. The van der Waals surface area contributed by atoms with Crippen molar-refractivity contribution in [1.82, 2.24) is 0 Å². The first-order chi connectivity index (χ1) is 17.4. The van der Waals surface area contributed by atoms with Gasteiger partial charge in [0.2, 0.25) is 16.6 Å². The van der Waals surface area contributed by atoms with Gasteiger partial charge >= 0.3 is 0 Å². The van der Waals surface area contributed by atoms with E-state index >= 15 is 0 Å². The number of allylic oxidation sites excluding steroid dienone is 2. The van der Waals surface area contributed by atoms with Gasteiger partial charge in [-0.05, 0) is 70.7 Å². The molecule has 2 atom stereocenters. The second kappa shape index (κ2) is 10.1. The highest BCUT2D eigenvalue weighted by molar-refractivity contribution is 7.23. The van der Waals surface area contributed by atoms with Crippen LogP contribution < -0.4 is 0 Å². The van der Waals surface area contributed by atoms with E-state index in [-0.39, 0.29) is 10.1 Å². The first-order valence-corrected chi connectivity index (χ1v) is 26.6. The molecule has 0 aromatic heterocycles. The summed E-state index contributed by atoms with van der Waals surface area (Å²) in [5.41, 5.74) is 6.51. The highest BCUT2D eigenvalue weighted by atomic mass is 29.2. The lowest BCUT2D eigenvalue weighted by Gasteiger charge is -2.43. The Bertz CT molecular complexity index is 1150. The molecule has 206 valence electrons. The molecule has 2 unspecified atom stereocenters. The molecule has 6 heteroatoms. The molecule has 2 aromatic rings. The summed E-state index contributed by atoms with van der Waals surface area (Å²) in [6.07, 6.45) is 4.80. The molecule has 2 aromatic carbocycles. The van der Waals surface area contributed by atoms with Crippen molar-refractivity contribution in [2.45, 2.75) is 102 Å². The average Bonchev–Trinajstić information content (AvgIpc) is 3.30. The molecular formula is C32H50O2Si4. The van der Waals surface area contributed by atoms with Gasteiger partial charge < -0.3 is 8.85 Å². The fourth-order valence-electron chi connectivity index (χ4n) is 5.48. The third-order valence-corrected chi connectivity index (χ3v) is 29.9. The molecule has 2 aliphatic rings. The van der Waals surface area contributed by atoms with Crippen LogP contribution in [0.1, 0.15) is 74.9 Å². The number of hydrogen-bond donors (Lipinski definition) is 0. The van der Waals surface area contributed by atoms with E-state index in [0.29, 0.717) is 11.1 Å². The Labute approximate surface area is 237 Å². The molecule has 38 heavy (non-hydrogen) atoms. The summed E-state index contributed by atoms with van der Waals surface area (Å²) < 4.78 is 14.5. The van der Waals surface area contributed by atoms with Gasteiger partial charge in [-0.2, -0.15) is 0 Å². The van der Waals surface area contributed by atoms with E-state index in [1.807, 2.05) is 0 Å². The van der Waals surface area contributed by atoms with Gasteiger partial charge in [0.25, 0.3) is 0 Å². The number of benzene rings is 2. The highest BCUT2D eigenvalue weighted by Gasteiger charge is 2.50. The van der Waals surface area contributed by atoms with Crippen LogP contribution in [0.15, 0.2) is 60.0 Å². The van der Waals surface area contributed by atoms with E-state index in [9.17, 15) is 0 Å². The smallest absolute Gasteiger partial charge is 0.250 e. The lowest BCUT2D eigenvalue weighted by Crippen LogP contribution is -2.48. The van der Waals surface area contributed by atoms with Gasteiger partial charge in [-0.25, -0.2) is 0 Å². The van der Waals surface area contributed by atoms with Crippen molar-refractivity contribution in [2.24, 2.45) is 0 Å². The monoisotopic (exact) mass is 578 g/mol. The molecule has 0 spiro atoms. The molecule has 0 aliphatic heterocycles. The zero-order valence-electron chi connectivity index (χ0n) is 25.9. The second-order valence-electron chi connectivity index (χ2n) is 14.9. The zero-order valence-corrected chi connectivity index (χ0v) is 30.2. The number of hydrogen-bond acceptors (Lipinski definition) is 2. The van der Waals surface area contributed by atoms with Gasteiger partial charge in [0.05, 0.1) is 19.8 Å². The van der Waals surface area contributed by atoms with Crippen LogP contribution in [0.25, 0.3) is 12.2 Å². The molecule has 0 heterocycles. The predicted octanol–water partition coefficient (Wildman–Crippen LogP) is 9.18. The molecule has 2 nitrogen and oxygen atoms in total. The van der Waals surface area contributed by atoms with Gasteiger partial charge in [-0.15, -0.1) is 0 Å². The van der Waals surface area contributed by atoms with Gasteiger partial charge in [0.15, 0.2) is 0 Å². The fraction of sp³-hybridized carbons (Fsp3) is 0.500. The summed E-state index contributed by atoms with van der Waals surface area (Å²) in [7, 11) is -6.56. The first-order valence-electron chi connectivity index (χ1n) is 14.4. The minimum atomic E-state index is -1.99. The highest BCUT2D eigenvalue weighted by Crippen LogP contribution is 2.51. The molecular weight excluding hydrogens is 529 g/mol. The van der Waals surface area contributed by atoms with E-state index in [0.717, 1.165) is 0 Å². The molecule has 0 fully saturated rings. The van der Waals surface area contributed by atoms with Crippen molar-refractivity contribution in [2.75, 3.05) is 0 Å². The van der Waals surface area contributed by atoms with Gasteiger partial charge in [-0.3, -0.25) is 0 Å². The van der Waals surface area contributed by atoms with E-state index in [2.05, 4.69) is 142 Å². The summed E-state index contributed by atoms with van der Waals surface area (Å²) >= 11 is 0. The average molecular weight is 579 g/mol. The minimum Gasteiger partial charge on any atom is -0.546 e. The standard InChI is InChI=1S/C32H50O2Si4/c1-31(2,3)37(9,10)33-27-21-23-17-13-15-19-25(23)29(27)36(35(7)8)30-26-20-16-14-18-24(26)22-28(30)34-38(11,12)32(4,5)6/h13-22,29-30,35-36H,1-12H3. The molecule has 0 saturated carbocycles. The minimum absolute atomic E-state index is 0.163. The van der Waals surface area contributed by atoms with Gasteiger partial charge in [0, 0.05) is 19.4 Å². The Balaban J connectivity index is 1.85. The third-order valence-electron chi connectivity index (χ3n) is 9.77. The third kappa shape index (κ3) is 5.38. The Morgan fingerprint density at radius 2 is 0.947 bits per heavy atom. The molecule has 0 radical (unpaired) electrons. The SMILES string of the molecule is C[SiH](C)[SiH](C1C(O[Si](C)(C)C(C)(C)C)=Cc2ccccc21)C1C(O[Si](C)(C)C(C)(C)C)=Cc2ccccc21. The van der Waals surface area contributed by atoms with Crippen LogP contribution in [0.2, 0.25) is 49.4 Å². The van der Waals surface area contributed by atoms with E-state index < -0.39 is 33.3 Å². The van der Waals surface area contributed by atoms with Crippen LogP contribution in [-0.2, 0) is 8.85 Å². The molecule has 2 aliphatic carbocycles. The normalized spacial score (nSPS) is 20.6. The van der Waals surface area contributed by atoms with Crippen molar-refractivity contribution >= 4 is 45.4 Å². The van der Waals surface area contributed by atoms with E-state index in [1.54, 1.807) is 0 Å². The lowest BCUT2D eigenvalue weighted by molar-refractivity contribution is 0.369. The van der Waals surface area contributed by atoms with Gasteiger partial charge in [-0.1, -0.05) is 103 Å². The Kier molecular flexibility index (Phi) is 7.80. The maximum Gasteiger partial charge on any atom is 0.250 e. The summed E-state index contributed by atoms with van der Waals surface area (Å²) in [5, 5.41) is 0.325. The van der Waals surface area contributed by atoms with Crippen LogP contribution >= 0.6 is 0 Å². The van der Waals surface area contributed by atoms with Crippen molar-refractivity contribution in [3.05, 3.63) is 82.3 Å². The molecule has 0 amide bonds. The van der Waals surface area contributed by atoms with Gasteiger partial charge in [0.1, 0.15) is 0 Å². The maximum atomic E-state index is 7.23. The molecule has 0 saturated heterocycles. The van der Waals surface area contributed by atoms with E-state index in [4.69, 9.17) is 8.85 Å².